The van der Waals surface area contributed by atoms with Crippen molar-refractivity contribution in [2.24, 2.45) is 0 Å². The van der Waals surface area contributed by atoms with Gasteiger partial charge in [-0.15, -0.1) is 0 Å². The molecule has 5 nitrogen and oxygen atoms in total. The number of amides is 1. The summed E-state index contributed by atoms with van der Waals surface area (Å²) >= 11 is 6.00. The minimum absolute atomic E-state index is 0.245. The number of nitrogens with zero attached hydrogens (tertiary/aromatic N) is 1. The molecule has 0 atom stereocenters. The molecule has 2 aromatic rings. The zero-order valence-electron chi connectivity index (χ0n) is 10.2. The molecule has 3 N–H and O–H groups in total. The molecule has 0 spiro atoms. The van der Waals surface area contributed by atoms with Gasteiger partial charge in [-0.25, -0.2) is 0 Å². The molecule has 1 amide bonds. The highest BCUT2D eigenvalue weighted by atomic mass is 35.5. The van der Waals surface area contributed by atoms with Gasteiger partial charge in [-0.2, -0.15) is 5.10 Å². The Kier molecular flexibility index (Phi) is 3.23. The van der Waals surface area contributed by atoms with Crippen molar-refractivity contribution in [2.45, 2.75) is 13.0 Å². The van der Waals surface area contributed by atoms with Gasteiger partial charge in [0.2, 0.25) is 0 Å². The van der Waals surface area contributed by atoms with Crippen molar-refractivity contribution in [2.75, 3.05) is 11.9 Å². The number of halogens is 1. The van der Waals surface area contributed by atoms with Gasteiger partial charge in [0.15, 0.2) is 5.82 Å². The number of carbonyl (C=O) groups is 1. The van der Waals surface area contributed by atoms with Crippen LogP contribution in [0.1, 0.15) is 21.6 Å². The molecule has 0 unspecified atom stereocenters. The van der Waals surface area contributed by atoms with Crippen LogP contribution >= 0.6 is 11.6 Å². The van der Waals surface area contributed by atoms with Crippen LogP contribution < -0.4 is 10.6 Å². The number of hydrogen-bond acceptors (Lipinski definition) is 3. The van der Waals surface area contributed by atoms with E-state index in [4.69, 9.17) is 11.6 Å². The monoisotopic (exact) mass is 276 g/mol. The number of anilines is 1. The molecule has 6 heteroatoms. The number of H-pyrrole nitrogens is 1. The number of rotatable bonds is 2. The van der Waals surface area contributed by atoms with Gasteiger partial charge in [0.05, 0.1) is 10.6 Å². The van der Waals surface area contributed by atoms with Crippen LogP contribution in [0.15, 0.2) is 24.3 Å². The molecule has 1 aliphatic rings. The van der Waals surface area contributed by atoms with E-state index in [2.05, 4.69) is 20.8 Å². The summed E-state index contributed by atoms with van der Waals surface area (Å²) in [7, 11) is 0. The number of aromatic amines is 1. The molecule has 3 rings (SSSR count). The molecule has 1 aromatic carbocycles. The van der Waals surface area contributed by atoms with Crippen molar-refractivity contribution in [3.63, 3.8) is 0 Å². The maximum atomic E-state index is 12.1. The minimum atomic E-state index is -0.245. The number of hydrogen-bond donors (Lipinski definition) is 3. The lowest BCUT2D eigenvalue weighted by Crippen LogP contribution is -2.24. The minimum Gasteiger partial charge on any atom is -0.312 e. The molecular weight excluding hydrogens is 264 g/mol. The van der Waals surface area contributed by atoms with Crippen LogP contribution in [-0.4, -0.2) is 22.6 Å². The predicted molar refractivity (Wildman–Crippen MR) is 73.4 cm³/mol. The van der Waals surface area contributed by atoms with E-state index < -0.39 is 0 Å². The van der Waals surface area contributed by atoms with E-state index in [1.54, 1.807) is 24.3 Å². The number of fused-ring (bicyclic) bond motifs is 1. The average Bonchev–Trinajstić information content (AvgIpc) is 2.83. The number of aromatic nitrogens is 2. The van der Waals surface area contributed by atoms with Crippen molar-refractivity contribution in [3.05, 3.63) is 46.1 Å². The Balaban J connectivity index is 1.84. The van der Waals surface area contributed by atoms with E-state index in [1.807, 2.05) is 0 Å². The van der Waals surface area contributed by atoms with Crippen LogP contribution in [0, 0.1) is 0 Å². The Morgan fingerprint density at radius 1 is 1.37 bits per heavy atom. The van der Waals surface area contributed by atoms with Gasteiger partial charge in [0, 0.05) is 30.8 Å². The lowest BCUT2D eigenvalue weighted by atomic mass is 10.1. The second kappa shape index (κ2) is 5.03. The molecule has 0 saturated carbocycles. The summed E-state index contributed by atoms with van der Waals surface area (Å²) < 4.78 is 0. The topological polar surface area (TPSA) is 69.8 Å². The molecule has 0 fully saturated rings. The highest BCUT2D eigenvalue weighted by molar-refractivity contribution is 6.34. The molecule has 0 aliphatic carbocycles. The summed E-state index contributed by atoms with van der Waals surface area (Å²) in [6, 6.07) is 6.95. The van der Waals surface area contributed by atoms with Gasteiger partial charge in [-0.1, -0.05) is 23.7 Å². The van der Waals surface area contributed by atoms with Crippen LogP contribution in [0.3, 0.4) is 0 Å². The average molecular weight is 277 g/mol. The fraction of sp³-hybridized carbons (Fsp3) is 0.231. The van der Waals surface area contributed by atoms with Crippen LogP contribution in [0.5, 0.6) is 0 Å². The zero-order chi connectivity index (χ0) is 13.2. The van der Waals surface area contributed by atoms with Crippen molar-refractivity contribution in [1.82, 2.24) is 15.5 Å². The molecule has 0 bridgehead atoms. The van der Waals surface area contributed by atoms with E-state index in [0.29, 0.717) is 22.9 Å². The zero-order valence-corrected chi connectivity index (χ0v) is 10.9. The molecular formula is C13H13ClN4O. The van der Waals surface area contributed by atoms with Gasteiger partial charge < -0.3 is 10.6 Å². The largest absolute Gasteiger partial charge is 0.312 e. The predicted octanol–water partition coefficient (Wildman–Crippen LogP) is 1.96. The molecule has 0 radical (unpaired) electrons. The second-order valence-corrected chi connectivity index (χ2v) is 4.80. The molecule has 0 saturated heterocycles. The van der Waals surface area contributed by atoms with E-state index in [-0.39, 0.29) is 5.91 Å². The first-order chi connectivity index (χ1) is 9.25. The molecule has 98 valence electrons. The van der Waals surface area contributed by atoms with E-state index in [1.165, 1.54) is 0 Å². The number of nitrogens with one attached hydrogen (secondary N) is 3. The van der Waals surface area contributed by atoms with Gasteiger partial charge in [-0.3, -0.25) is 9.89 Å². The fourth-order valence-electron chi connectivity index (χ4n) is 2.15. The lowest BCUT2D eigenvalue weighted by Gasteiger charge is -2.13. The normalized spacial score (nSPS) is 13.9. The summed E-state index contributed by atoms with van der Waals surface area (Å²) in [5, 5.41) is 13.6. The third kappa shape index (κ3) is 2.34. The van der Waals surface area contributed by atoms with Crippen LogP contribution in [0.2, 0.25) is 5.02 Å². The van der Waals surface area contributed by atoms with Gasteiger partial charge in [-0.05, 0) is 12.1 Å². The van der Waals surface area contributed by atoms with E-state index >= 15 is 0 Å². The van der Waals surface area contributed by atoms with E-state index in [0.717, 1.165) is 24.2 Å². The van der Waals surface area contributed by atoms with Crippen LogP contribution in [-0.2, 0) is 13.0 Å². The van der Waals surface area contributed by atoms with Gasteiger partial charge in [0.25, 0.3) is 5.91 Å². The second-order valence-electron chi connectivity index (χ2n) is 4.39. The Bertz CT molecular complexity index is 623. The third-order valence-electron chi connectivity index (χ3n) is 3.16. The maximum absolute atomic E-state index is 12.1. The Labute approximate surface area is 115 Å². The Morgan fingerprint density at radius 2 is 2.21 bits per heavy atom. The van der Waals surface area contributed by atoms with Crippen molar-refractivity contribution in [3.8, 4) is 0 Å². The maximum Gasteiger partial charge on any atom is 0.258 e. The van der Waals surface area contributed by atoms with Crippen LogP contribution in [0.25, 0.3) is 0 Å². The standard InChI is InChI=1S/C13H13ClN4O/c14-10-4-2-1-3-8(10)13(19)16-12-9-7-15-6-5-11(9)17-18-12/h1-4,15H,5-7H2,(H2,16,17,18,19). The summed E-state index contributed by atoms with van der Waals surface area (Å²) in [4.78, 5) is 12.1. The number of benzene rings is 1. The molecule has 1 aliphatic heterocycles. The first-order valence-corrected chi connectivity index (χ1v) is 6.46. The Hall–Kier alpha value is -1.85. The first-order valence-electron chi connectivity index (χ1n) is 6.08. The summed E-state index contributed by atoms with van der Waals surface area (Å²) in [5.74, 6) is 0.331. The molecule has 1 aromatic heterocycles. The quantitative estimate of drug-likeness (QED) is 0.785. The van der Waals surface area contributed by atoms with Gasteiger partial charge in [0.1, 0.15) is 0 Å². The van der Waals surface area contributed by atoms with Crippen molar-refractivity contribution >= 4 is 23.3 Å². The molecule has 2 heterocycles. The molecule has 19 heavy (non-hydrogen) atoms. The summed E-state index contributed by atoms with van der Waals surface area (Å²) in [6.45, 7) is 1.64. The first kappa shape index (κ1) is 12.2. The highest BCUT2D eigenvalue weighted by Crippen LogP contribution is 2.22. The number of carbonyl (C=O) groups excluding carboxylic acids is 1. The van der Waals surface area contributed by atoms with Crippen molar-refractivity contribution in [1.29, 1.82) is 0 Å². The van der Waals surface area contributed by atoms with Gasteiger partial charge >= 0.3 is 0 Å². The van der Waals surface area contributed by atoms with E-state index in [9.17, 15) is 4.79 Å². The SMILES string of the molecule is O=C(Nc1n[nH]c2c1CNCC2)c1ccccc1Cl. The Morgan fingerprint density at radius 3 is 3.05 bits per heavy atom. The highest BCUT2D eigenvalue weighted by Gasteiger charge is 2.19. The van der Waals surface area contributed by atoms with Crippen LogP contribution in [0.4, 0.5) is 5.82 Å². The third-order valence-corrected chi connectivity index (χ3v) is 3.49. The summed E-state index contributed by atoms with van der Waals surface area (Å²) in [6.07, 6.45) is 0.893. The smallest absolute Gasteiger partial charge is 0.258 e. The summed E-state index contributed by atoms with van der Waals surface area (Å²) in [5.41, 5.74) is 2.55. The fourth-order valence-corrected chi connectivity index (χ4v) is 2.37. The van der Waals surface area contributed by atoms with Crippen molar-refractivity contribution < 1.29 is 4.79 Å². The lowest BCUT2D eigenvalue weighted by molar-refractivity contribution is 0.102.